The third kappa shape index (κ3) is 5.98. The number of hydrogen-bond donors (Lipinski definition) is 0. The Morgan fingerprint density at radius 2 is 1.88 bits per heavy atom. The number of methoxy groups -OCH3 is 1. The van der Waals surface area contributed by atoms with Crippen LogP contribution in [-0.2, 0) is 33.4 Å². The first-order valence-electron chi connectivity index (χ1n) is 10.3. The third-order valence-corrected chi connectivity index (χ3v) is 7.06. The van der Waals surface area contributed by atoms with Crippen LogP contribution in [-0.4, -0.2) is 49.0 Å². The van der Waals surface area contributed by atoms with Gasteiger partial charge in [0.2, 0.25) is 15.0 Å². The topological polar surface area (TPSA) is 81.5 Å². The number of nitrogens with zero attached hydrogens (tertiary/aromatic N) is 3. The fourth-order valence-corrected chi connectivity index (χ4v) is 5.20. The van der Waals surface area contributed by atoms with Crippen LogP contribution in [0, 0.1) is 5.82 Å². The molecular formula is C23H25ClFN3O4S. The van der Waals surface area contributed by atoms with Crippen LogP contribution in [0.5, 0.6) is 0 Å². The molecular weight excluding hydrogens is 469 g/mol. The molecule has 3 aromatic rings. The number of carbonyl (C=O) groups is 1. The first-order valence-corrected chi connectivity index (χ1v) is 12.3. The lowest BCUT2D eigenvalue weighted by molar-refractivity contribution is 0.0747. The standard InChI is InChI=1S/C23H25ClFN3O4S/c1-3-27(22(29)17-8-10-19(25)11-9-17)15-20-14-26-23(28(20)12-13-32-2)33(30,31)16-18-6-4-5-7-21(18)24/h4-11,14H,3,12-13,15-16H2,1-2H3. The molecule has 33 heavy (non-hydrogen) atoms. The van der Waals surface area contributed by atoms with Crippen LogP contribution in [0.1, 0.15) is 28.5 Å². The molecule has 1 amide bonds. The van der Waals surface area contributed by atoms with E-state index in [9.17, 15) is 17.6 Å². The Hall–Kier alpha value is -2.75. The monoisotopic (exact) mass is 493 g/mol. The lowest BCUT2D eigenvalue weighted by atomic mass is 10.2. The van der Waals surface area contributed by atoms with E-state index in [4.69, 9.17) is 16.3 Å². The SMILES string of the molecule is CCN(Cc1cnc(S(=O)(=O)Cc2ccccc2Cl)n1CCOC)C(=O)c1ccc(F)cc1. The van der Waals surface area contributed by atoms with E-state index in [1.54, 1.807) is 28.8 Å². The van der Waals surface area contributed by atoms with Crippen molar-refractivity contribution < 1.29 is 22.3 Å². The van der Waals surface area contributed by atoms with Gasteiger partial charge in [-0.25, -0.2) is 17.8 Å². The molecule has 176 valence electrons. The number of carbonyl (C=O) groups excluding carboxylic acids is 1. The molecule has 10 heteroatoms. The van der Waals surface area contributed by atoms with Gasteiger partial charge in [-0.3, -0.25) is 4.79 Å². The van der Waals surface area contributed by atoms with Gasteiger partial charge >= 0.3 is 0 Å². The second-order valence-electron chi connectivity index (χ2n) is 7.35. The summed E-state index contributed by atoms with van der Waals surface area (Å²) in [5, 5.41) is 0.248. The summed E-state index contributed by atoms with van der Waals surface area (Å²) in [4.78, 5) is 18.6. The van der Waals surface area contributed by atoms with Gasteiger partial charge in [-0.1, -0.05) is 29.8 Å². The molecule has 2 aromatic carbocycles. The molecule has 3 rings (SSSR count). The summed E-state index contributed by atoms with van der Waals surface area (Å²) >= 11 is 6.16. The van der Waals surface area contributed by atoms with Gasteiger partial charge in [0.1, 0.15) is 5.82 Å². The lowest BCUT2D eigenvalue weighted by Gasteiger charge is -2.22. The minimum Gasteiger partial charge on any atom is -0.383 e. The van der Waals surface area contributed by atoms with E-state index < -0.39 is 15.7 Å². The zero-order valence-electron chi connectivity index (χ0n) is 18.4. The van der Waals surface area contributed by atoms with Gasteiger partial charge in [0.05, 0.1) is 30.8 Å². The summed E-state index contributed by atoms with van der Waals surface area (Å²) in [6.45, 7) is 2.81. The molecule has 0 spiro atoms. The highest BCUT2D eigenvalue weighted by Gasteiger charge is 2.26. The Morgan fingerprint density at radius 1 is 1.18 bits per heavy atom. The van der Waals surface area contributed by atoms with E-state index in [1.165, 1.54) is 42.5 Å². The van der Waals surface area contributed by atoms with Crippen molar-refractivity contribution in [2.45, 2.75) is 30.9 Å². The highest BCUT2D eigenvalue weighted by molar-refractivity contribution is 7.90. The van der Waals surface area contributed by atoms with Crippen molar-refractivity contribution in [3.05, 3.63) is 82.4 Å². The van der Waals surface area contributed by atoms with Crippen molar-refractivity contribution in [2.75, 3.05) is 20.3 Å². The summed E-state index contributed by atoms with van der Waals surface area (Å²) in [7, 11) is -2.31. The Morgan fingerprint density at radius 3 is 2.52 bits per heavy atom. The van der Waals surface area contributed by atoms with Gasteiger partial charge in [-0.2, -0.15) is 0 Å². The van der Waals surface area contributed by atoms with Crippen molar-refractivity contribution in [1.82, 2.24) is 14.5 Å². The van der Waals surface area contributed by atoms with Gasteiger partial charge < -0.3 is 14.2 Å². The molecule has 0 aliphatic heterocycles. The summed E-state index contributed by atoms with van der Waals surface area (Å²) in [5.41, 5.74) is 1.36. The van der Waals surface area contributed by atoms with E-state index in [1.807, 2.05) is 6.92 Å². The van der Waals surface area contributed by atoms with Gasteiger partial charge in [0.25, 0.3) is 5.91 Å². The zero-order chi connectivity index (χ0) is 24.0. The predicted molar refractivity (Wildman–Crippen MR) is 123 cm³/mol. The summed E-state index contributed by atoms with van der Waals surface area (Å²) < 4.78 is 46.3. The molecule has 0 aliphatic carbocycles. The number of halogens is 2. The van der Waals surface area contributed by atoms with Crippen LogP contribution in [0.2, 0.25) is 5.02 Å². The fourth-order valence-electron chi connectivity index (χ4n) is 3.37. The molecule has 1 aromatic heterocycles. The smallest absolute Gasteiger partial charge is 0.254 e. The van der Waals surface area contributed by atoms with Crippen molar-refractivity contribution >= 4 is 27.3 Å². The Kier molecular flexibility index (Phi) is 8.23. The summed E-state index contributed by atoms with van der Waals surface area (Å²) in [5.74, 6) is -1.03. The molecule has 0 unspecified atom stereocenters. The van der Waals surface area contributed by atoms with E-state index >= 15 is 0 Å². The molecule has 0 aliphatic rings. The fraction of sp³-hybridized carbons (Fsp3) is 0.304. The maximum absolute atomic E-state index is 13.2. The molecule has 1 heterocycles. The second-order valence-corrected chi connectivity index (χ2v) is 9.64. The van der Waals surface area contributed by atoms with Gasteiger partial charge in [-0.05, 0) is 42.8 Å². The van der Waals surface area contributed by atoms with Crippen LogP contribution in [0.15, 0.2) is 59.9 Å². The number of amides is 1. The van der Waals surface area contributed by atoms with Gasteiger partial charge in [0.15, 0.2) is 0 Å². The molecule has 0 fully saturated rings. The molecule has 0 saturated heterocycles. The van der Waals surface area contributed by atoms with Gasteiger partial charge in [-0.15, -0.1) is 0 Å². The van der Waals surface area contributed by atoms with Crippen LogP contribution in [0.4, 0.5) is 4.39 Å². The number of benzene rings is 2. The van der Waals surface area contributed by atoms with Crippen molar-refractivity contribution in [2.24, 2.45) is 0 Å². The number of ether oxygens (including phenoxy) is 1. The quantitative estimate of drug-likeness (QED) is 0.427. The van der Waals surface area contributed by atoms with Crippen LogP contribution >= 0.6 is 11.6 Å². The number of sulfone groups is 1. The Labute approximate surface area is 197 Å². The molecule has 0 atom stereocenters. The van der Waals surface area contributed by atoms with Crippen molar-refractivity contribution in [3.8, 4) is 0 Å². The zero-order valence-corrected chi connectivity index (χ0v) is 19.9. The van der Waals surface area contributed by atoms with E-state index in [0.717, 1.165) is 0 Å². The van der Waals surface area contributed by atoms with Gasteiger partial charge in [0, 0.05) is 30.8 Å². The molecule has 7 nitrogen and oxygen atoms in total. The number of hydrogen-bond acceptors (Lipinski definition) is 5. The first-order chi connectivity index (χ1) is 15.8. The highest BCUT2D eigenvalue weighted by Crippen LogP contribution is 2.23. The maximum Gasteiger partial charge on any atom is 0.254 e. The lowest BCUT2D eigenvalue weighted by Crippen LogP contribution is -2.31. The van der Waals surface area contributed by atoms with Crippen LogP contribution in [0.3, 0.4) is 0 Å². The Balaban J connectivity index is 1.91. The van der Waals surface area contributed by atoms with E-state index in [-0.39, 0.29) is 36.5 Å². The van der Waals surface area contributed by atoms with E-state index in [0.29, 0.717) is 28.4 Å². The molecule has 0 N–H and O–H groups in total. The Bertz CT molecular complexity index is 1210. The average Bonchev–Trinajstić information content (AvgIpc) is 3.21. The first kappa shape index (κ1) is 24.9. The third-order valence-electron chi connectivity index (χ3n) is 5.12. The summed E-state index contributed by atoms with van der Waals surface area (Å²) in [6, 6.07) is 12.0. The molecule has 0 bridgehead atoms. The highest BCUT2D eigenvalue weighted by atomic mass is 35.5. The van der Waals surface area contributed by atoms with Crippen LogP contribution < -0.4 is 0 Å². The normalized spacial score (nSPS) is 11.5. The number of imidazole rings is 1. The number of rotatable bonds is 10. The minimum atomic E-state index is -3.83. The largest absolute Gasteiger partial charge is 0.383 e. The van der Waals surface area contributed by atoms with E-state index in [2.05, 4.69) is 4.98 Å². The second kappa shape index (κ2) is 10.9. The molecule has 0 radical (unpaired) electrons. The number of aromatic nitrogens is 2. The summed E-state index contributed by atoms with van der Waals surface area (Å²) in [6.07, 6.45) is 1.45. The average molecular weight is 494 g/mol. The maximum atomic E-state index is 13.2. The predicted octanol–water partition coefficient (Wildman–Crippen LogP) is 3.96. The molecule has 0 saturated carbocycles. The minimum absolute atomic E-state index is 0.111. The van der Waals surface area contributed by atoms with Crippen LogP contribution in [0.25, 0.3) is 0 Å². The van der Waals surface area contributed by atoms with Crippen molar-refractivity contribution in [3.63, 3.8) is 0 Å². The van der Waals surface area contributed by atoms with Crippen molar-refractivity contribution in [1.29, 1.82) is 0 Å².